The summed E-state index contributed by atoms with van der Waals surface area (Å²) in [6.07, 6.45) is 2.32. The van der Waals surface area contributed by atoms with E-state index in [0.29, 0.717) is 20.6 Å². The van der Waals surface area contributed by atoms with Gasteiger partial charge in [0.15, 0.2) is 0 Å². The highest BCUT2D eigenvalue weighted by Gasteiger charge is 2.14. The molecule has 0 aliphatic rings. The Balaban J connectivity index is 2.21. The molecule has 0 aliphatic carbocycles. The van der Waals surface area contributed by atoms with Gasteiger partial charge in [0.1, 0.15) is 5.82 Å². The summed E-state index contributed by atoms with van der Waals surface area (Å²) in [5, 5.41) is 10.4. The molecule has 94 valence electrons. The fourth-order valence-electron chi connectivity index (χ4n) is 1.66. The van der Waals surface area contributed by atoms with Crippen LogP contribution in [0.5, 0.6) is 0 Å². The van der Waals surface area contributed by atoms with Gasteiger partial charge >= 0.3 is 0 Å². The minimum Gasteiger partial charge on any atom is -0.388 e. The Labute approximate surface area is 118 Å². The number of aliphatic hydroxyl groups excluding tert-OH is 1. The van der Waals surface area contributed by atoms with Crippen LogP contribution in [0.25, 0.3) is 0 Å². The zero-order chi connectivity index (χ0) is 13.1. The minimum absolute atomic E-state index is 0.169. The molecule has 0 bridgehead atoms. The van der Waals surface area contributed by atoms with Crippen molar-refractivity contribution in [2.24, 2.45) is 0 Å². The molecule has 0 saturated heterocycles. The number of halogens is 3. The second-order valence-corrected chi connectivity index (χ2v) is 5.18. The summed E-state index contributed by atoms with van der Waals surface area (Å²) in [6.45, 7) is 0. The van der Waals surface area contributed by atoms with E-state index in [0.717, 1.165) is 0 Å². The highest BCUT2D eigenvalue weighted by atomic mass is 79.9. The van der Waals surface area contributed by atoms with E-state index in [1.54, 1.807) is 24.4 Å². The molecule has 5 heteroatoms. The fraction of sp³-hybridized carbons (Fsp3) is 0.154. The number of nitrogens with zero attached hydrogens (tertiary/aromatic N) is 1. The summed E-state index contributed by atoms with van der Waals surface area (Å²) >= 11 is 9.11. The molecule has 1 atom stereocenters. The lowest BCUT2D eigenvalue weighted by molar-refractivity contribution is 0.177. The Morgan fingerprint density at radius 2 is 2.17 bits per heavy atom. The molecule has 1 N–H and O–H groups in total. The van der Waals surface area contributed by atoms with Gasteiger partial charge < -0.3 is 5.11 Å². The predicted molar refractivity (Wildman–Crippen MR) is 72.0 cm³/mol. The summed E-state index contributed by atoms with van der Waals surface area (Å²) < 4.78 is 14.3. The van der Waals surface area contributed by atoms with E-state index < -0.39 is 6.10 Å². The van der Waals surface area contributed by atoms with Gasteiger partial charge in [-0.3, -0.25) is 4.98 Å². The number of benzene rings is 1. The summed E-state index contributed by atoms with van der Waals surface area (Å²) in [6, 6.07) is 6.37. The van der Waals surface area contributed by atoms with Crippen molar-refractivity contribution in [3.8, 4) is 0 Å². The van der Waals surface area contributed by atoms with Crippen molar-refractivity contribution < 1.29 is 9.50 Å². The van der Waals surface area contributed by atoms with Crippen molar-refractivity contribution in [2.75, 3.05) is 0 Å². The summed E-state index contributed by atoms with van der Waals surface area (Å²) in [7, 11) is 0. The molecule has 2 aromatic rings. The van der Waals surface area contributed by atoms with Crippen molar-refractivity contribution in [1.82, 2.24) is 4.98 Å². The third-order valence-electron chi connectivity index (χ3n) is 2.59. The second kappa shape index (κ2) is 5.78. The van der Waals surface area contributed by atoms with Crippen LogP contribution in [0.1, 0.15) is 17.2 Å². The van der Waals surface area contributed by atoms with Crippen LogP contribution >= 0.6 is 27.5 Å². The van der Waals surface area contributed by atoms with E-state index in [-0.39, 0.29) is 12.2 Å². The van der Waals surface area contributed by atoms with Crippen molar-refractivity contribution in [3.05, 3.63) is 63.1 Å². The lowest BCUT2D eigenvalue weighted by Gasteiger charge is -2.13. The molecule has 0 radical (unpaired) electrons. The average Bonchev–Trinajstić information content (AvgIpc) is 2.33. The van der Waals surface area contributed by atoms with Gasteiger partial charge in [0.05, 0.1) is 11.1 Å². The first-order valence-electron chi connectivity index (χ1n) is 5.29. The lowest BCUT2D eigenvalue weighted by atomic mass is 10.0. The fourth-order valence-corrected chi connectivity index (χ4v) is 2.24. The van der Waals surface area contributed by atoms with Crippen LogP contribution in [0.15, 0.2) is 41.1 Å². The number of hydrogen-bond donors (Lipinski definition) is 1. The van der Waals surface area contributed by atoms with E-state index in [9.17, 15) is 9.50 Å². The molecule has 0 spiro atoms. The maximum absolute atomic E-state index is 13.6. The third-order valence-corrected chi connectivity index (χ3v) is 3.40. The largest absolute Gasteiger partial charge is 0.388 e. The van der Waals surface area contributed by atoms with Crippen LogP contribution in [-0.2, 0) is 6.42 Å². The molecule has 0 saturated carbocycles. The highest BCUT2D eigenvalue weighted by molar-refractivity contribution is 9.10. The topological polar surface area (TPSA) is 33.1 Å². The van der Waals surface area contributed by atoms with Crippen molar-refractivity contribution in [1.29, 1.82) is 0 Å². The highest BCUT2D eigenvalue weighted by Crippen LogP contribution is 2.26. The van der Waals surface area contributed by atoms with Gasteiger partial charge in [-0.2, -0.15) is 0 Å². The van der Waals surface area contributed by atoms with E-state index >= 15 is 0 Å². The van der Waals surface area contributed by atoms with E-state index in [1.165, 1.54) is 12.3 Å². The quantitative estimate of drug-likeness (QED) is 0.925. The predicted octanol–water partition coefficient (Wildman–Crippen LogP) is 3.91. The number of rotatable bonds is 3. The van der Waals surface area contributed by atoms with Crippen LogP contribution in [0.3, 0.4) is 0 Å². The Morgan fingerprint density at radius 3 is 2.83 bits per heavy atom. The zero-order valence-electron chi connectivity index (χ0n) is 9.28. The molecule has 1 aromatic heterocycles. The molecule has 1 aromatic carbocycles. The number of pyridine rings is 1. The maximum atomic E-state index is 13.6. The minimum atomic E-state index is -0.851. The monoisotopic (exact) mass is 329 g/mol. The SMILES string of the molecule is OC(Cc1ccc(Br)cc1F)c1ccncc1Cl. The van der Waals surface area contributed by atoms with Crippen LogP contribution in [0.2, 0.25) is 5.02 Å². The Bertz CT molecular complexity index is 564. The zero-order valence-corrected chi connectivity index (χ0v) is 11.6. The Kier molecular flexibility index (Phi) is 4.32. The van der Waals surface area contributed by atoms with Crippen molar-refractivity contribution >= 4 is 27.5 Å². The molecule has 18 heavy (non-hydrogen) atoms. The number of aromatic nitrogens is 1. The third kappa shape index (κ3) is 3.07. The van der Waals surface area contributed by atoms with Crippen LogP contribution in [0.4, 0.5) is 4.39 Å². The van der Waals surface area contributed by atoms with Gasteiger partial charge in [-0.1, -0.05) is 33.6 Å². The van der Waals surface area contributed by atoms with Crippen LogP contribution < -0.4 is 0 Å². The molecule has 0 amide bonds. The normalized spacial score (nSPS) is 12.4. The molecule has 2 nitrogen and oxygen atoms in total. The molecule has 1 unspecified atom stereocenters. The summed E-state index contributed by atoms with van der Waals surface area (Å²) in [4.78, 5) is 3.84. The lowest BCUT2D eigenvalue weighted by Crippen LogP contribution is -2.04. The van der Waals surface area contributed by atoms with Crippen LogP contribution in [0, 0.1) is 5.82 Å². The molecule has 1 heterocycles. The number of aliphatic hydroxyl groups is 1. The molecule has 0 aliphatic heterocycles. The standard InChI is InChI=1S/C13H10BrClFNO/c14-9-2-1-8(12(16)6-9)5-13(18)10-3-4-17-7-11(10)15/h1-4,6-7,13,18H,5H2. The van der Waals surface area contributed by atoms with E-state index in [2.05, 4.69) is 20.9 Å². The Morgan fingerprint density at radius 1 is 1.39 bits per heavy atom. The Hall–Kier alpha value is -0.970. The molecular weight excluding hydrogens is 321 g/mol. The van der Waals surface area contributed by atoms with Gasteiger partial charge in [-0.05, 0) is 23.8 Å². The average molecular weight is 331 g/mol. The van der Waals surface area contributed by atoms with Gasteiger partial charge in [0.25, 0.3) is 0 Å². The molecule has 2 rings (SSSR count). The summed E-state index contributed by atoms with van der Waals surface area (Å²) in [5.74, 6) is -0.353. The molecular formula is C13H10BrClFNO. The van der Waals surface area contributed by atoms with Gasteiger partial charge in [-0.15, -0.1) is 0 Å². The van der Waals surface area contributed by atoms with Gasteiger partial charge in [0, 0.05) is 28.9 Å². The first-order chi connectivity index (χ1) is 8.58. The van der Waals surface area contributed by atoms with E-state index in [4.69, 9.17) is 11.6 Å². The molecule has 0 fully saturated rings. The first kappa shape index (κ1) is 13.5. The number of hydrogen-bond acceptors (Lipinski definition) is 2. The van der Waals surface area contributed by atoms with Crippen molar-refractivity contribution in [2.45, 2.75) is 12.5 Å². The smallest absolute Gasteiger partial charge is 0.127 e. The summed E-state index contributed by atoms with van der Waals surface area (Å²) in [5.41, 5.74) is 0.993. The first-order valence-corrected chi connectivity index (χ1v) is 6.46. The maximum Gasteiger partial charge on any atom is 0.127 e. The van der Waals surface area contributed by atoms with E-state index in [1.807, 2.05) is 0 Å². The van der Waals surface area contributed by atoms with Crippen molar-refractivity contribution in [3.63, 3.8) is 0 Å². The van der Waals surface area contributed by atoms with Gasteiger partial charge in [-0.25, -0.2) is 4.39 Å². The second-order valence-electron chi connectivity index (χ2n) is 3.85. The van der Waals surface area contributed by atoms with Crippen LogP contribution in [-0.4, -0.2) is 10.1 Å². The van der Waals surface area contributed by atoms with Gasteiger partial charge in [0.2, 0.25) is 0 Å².